The number of hydrogen-bond donors (Lipinski definition) is 1. The molecule has 114 valence electrons. The monoisotopic (exact) mass is 312 g/mol. The number of thiocarbonyl (C=S) groups is 1. The van der Waals surface area contributed by atoms with Crippen LogP contribution in [0, 0.1) is 6.92 Å². The maximum absolute atomic E-state index is 9.37. The molecule has 0 radical (unpaired) electrons. The minimum Gasteiger partial charge on any atom is -0.508 e. The molecule has 0 atom stereocenters. The first kappa shape index (κ1) is 14.9. The number of piperazine rings is 1. The number of benzene rings is 2. The molecular formula is C18H20N2OS. The van der Waals surface area contributed by atoms with Gasteiger partial charge in [-0.1, -0.05) is 24.4 Å². The van der Waals surface area contributed by atoms with Gasteiger partial charge in [-0.15, -0.1) is 0 Å². The highest BCUT2D eigenvalue weighted by Gasteiger charge is 2.19. The third-order valence-corrected chi connectivity index (χ3v) is 4.54. The number of nitrogens with zero attached hydrogens (tertiary/aromatic N) is 2. The van der Waals surface area contributed by atoms with Crippen LogP contribution in [0.3, 0.4) is 0 Å². The van der Waals surface area contributed by atoms with E-state index in [1.54, 1.807) is 12.1 Å². The molecule has 22 heavy (non-hydrogen) atoms. The fourth-order valence-electron chi connectivity index (χ4n) is 2.78. The standard InChI is InChI=1S/C18H20N2OS/c1-14-3-2-4-16(13-14)19-9-11-20(12-10-19)18(22)15-5-7-17(21)8-6-15/h2-8,13,21H,9-12H2,1H3. The van der Waals surface area contributed by atoms with Gasteiger partial charge in [0.25, 0.3) is 0 Å². The van der Waals surface area contributed by atoms with E-state index in [0.29, 0.717) is 0 Å². The average molecular weight is 312 g/mol. The highest BCUT2D eigenvalue weighted by Crippen LogP contribution is 2.19. The van der Waals surface area contributed by atoms with Gasteiger partial charge in [0.2, 0.25) is 0 Å². The molecule has 2 aromatic rings. The zero-order valence-corrected chi connectivity index (χ0v) is 13.5. The molecule has 3 nitrogen and oxygen atoms in total. The third-order valence-electron chi connectivity index (χ3n) is 4.05. The summed E-state index contributed by atoms with van der Waals surface area (Å²) in [7, 11) is 0. The van der Waals surface area contributed by atoms with Gasteiger partial charge in [0, 0.05) is 37.4 Å². The van der Waals surface area contributed by atoms with Crippen molar-refractivity contribution < 1.29 is 5.11 Å². The molecule has 1 heterocycles. The molecule has 4 heteroatoms. The van der Waals surface area contributed by atoms with Crippen molar-refractivity contribution >= 4 is 22.9 Å². The van der Waals surface area contributed by atoms with Crippen molar-refractivity contribution in [2.24, 2.45) is 0 Å². The topological polar surface area (TPSA) is 26.7 Å². The summed E-state index contributed by atoms with van der Waals surface area (Å²) >= 11 is 5.59. The lowest BCUT2D eigenvalue weighted by Crippen LogP contribution is -2.48. The molecule has 1 fully saturated rings. The zero-order chi connectivity index (χ0) is 15.5. The van der Waals surface area contributed by atoms with E-state index in [1.165, 1.54) is 11.3 Å². The van der Waals surface area contributed by atoms with E-state index in [2.05, 4.69) is 41.0 Å². The SMILES string of the molecule is Cc1cccc(N2CCN(C(=S)c3ccc(O)cc3)CC2)c1. The summed E-state index contributed by atoms with van der Waals surface area (Å²) < 4.78 is 0. The highest BCUT2D eigenvalue weighted by atomic mass is 32.1. The zero-order valence-electron chi connectivity index (χ0n) is 12.7. The lowest BCUT2D eigenvalue weighted by atomic mass is 10.1. The summed E-state index contributed by atoms with van der Waals surface area (Å²) in [5.74, 6) is 0.274. The Bertz CT molecular complexity index is 661. The first-order valence-electron chi connectivity index (χ1n) is 7.53. The maximum atomic E-state index is 9.37. The van der Waals surface area contributed by atoms with Gasteiger partial charge < -0.3 is 14.9 Å². The molecule has 0 saturated carbocycles. The predicted molar refractivity (Wildman–Crippen MR) is 94.8 cm³/mol. The van der Waals surface area contributed by atoms with Crippen LogP contribution in [-0.4, -0.2) is 41.2 Å². The van der Waals surface area contributed by atoms with E-state index in [0.717, 1.165) is 36.7 Å². The molecule has 1 aliphatic heterocycles. The van der Waals surface area contributed by atoms with E-state index in [9.17, 15) is 5.11 Å². The van der Waals surface area contributed by atoms with Crippen LogP contribution in [-0.2, 0) is 0 Å². The van der Waals surface area contributed by atoms with Gasteiger partial charge >= 0.3 is 0 Å². The second-order valence-corrected chi connectivity index (χ2v) is 6.05. The first-order valence-corrected chi connectivity index (χ1v) is 7.94. The van der Waals surface area contributed by atoms with Crippen LogP contribution in [0.4, 0.5) is 5.69 Å². The van der Waals surface area contributed by atoms with Crippen molar-refractivity contribution in [3.05, 3.63) is 59.7 Å². The summed E-state index contributed by atoms with van der Waals surface area (Å²) in [6.45, 7) is 5.92. The summed E-state index contributed by atoms with van der Waals surface area (Å²) in [5.41, 5.74) is 3.58. The molecule has 1 N–H and O–H groups in total. The van der Waals surface area contributed by atoms with Gasteiger partial charge in [0.15, 0.2) is 0 Å². The molecule has 1 saturated heterocycles. The van der Waals surface area contributed by atoms with Gasteiger partial charge in [0.1, 0.15) is 10.7 Å². The Morgan fingerprint density at radius 2 is 1.68 bits per heavy atom. The number of phenols is 1. The average Bonchev–Trinajstić information content (AvgIpc) is 2.55. The Morgan fingerprint density at radius 3 is 2.32 bits per heavy atom. The Morgan fingerprint density at radius 1 is 1.00 bits per heavy atom. The minimum atomic E-state index is 0.274. The molecule has 0 bridgehead atoms. The Kier molecular flexibility index (Phi) is 4.29. The van der Waals surface area contributed by atoms with Crippen molar-refractivity contribution in [1.82, 2.24) is 4.90 Å². The second-order valence-electron chi connectivity index (χ2n) is 5.67. The Hall–Kier alpha value is -2.07. The van der Waals surface area contributed by atoms with Crippen LogP contribution in [0.25, 0.3) is 0 Å². The Balaban J connectivity index is 1.64. The maximum Gasteiger partial charge on any atom is 0.115 e. The minimum absolute atomic E-state index is 0.274. The molecular weight excluding hydrogens is 292 g/mol. The smallest absolute Gasteiger partial charge is 0.115 e. The fourth-order valence-corrected chi connectivity index (χ4v) is 3.10. The fraction of sp³-hybridized carbons (Fsp3) is 0.278. The highest BCUT2D eigenvalue weighted by molar-refractivity contribution is 7.80. The van der Waals surface area contributed by atoms with E-state index in [-0.39, 0.29) is 5.75 Å². The number of rotatable bonds is 2. The van der Waals surface area contributed by atoms with Crippen molar-refractivity contribution in [2.75, 3.05) is 31.1 Å². The van der Waals surface area contributed by atoms with E-state index in [1.807, 2.05) is 12.1 Å². The number of phenolic OH excluding ortho intramolecular Hbond substituents is 1. The molecule has 0 spiro atoms. The summed E-state index contributed by atoms with van der Waals surface area (Å²) in [5, 5.41) is 9.37. The van der Waals surface area contributed by atoms with Crippen LogP contribution in [0.5, 0.6) is 5.75 Å². The van der Waals surface area contributed by atoms with E-state index >= 15 is 0 Å². The summed E-state index contributed by atoms with van der Waals surface area (Å²) in [4.78, 5) is 5.51. The van der Waals surface area contributed by atoms with Crippen molar-refractivity contribution in [2.45, 2.75) is 6.92 Å². The number of aryl methyl sites for hydroxylation is 1. The molecule has 0 amide bonds. The molecule has 3 rings (SSSR count). The molecule has 0 aromatic heterocycles. The number of aromatic hydroxyl groups is 1. The van der Waals surface area contributed by atoms with Crippen LogP contribution in [0.2, 0.25) is 0 Å². The first-order chi connectivity index (χ1) is 10.6. The lowest BCUT2D eigenvalue weighted by molar-refractivity contribution is 0.392. The quantitative estimate of drug-likeness (QED) is 0.862. The molecule has 1 aliphatic rings. The second kappa shape index (κ2) is 6.36. The molecule has 0 aliphatic carbocycles. The van der Waals surface area contributed by atoms with Gasteiger partial charge in [-0.25, -0.2) is 0 Å². The van der Waals surface area contributed by atoms with Gasteiger partial charge in [-0.05, 0) is 48.9 Å². The van der Waals surface area contributed by atoms with Gasteiger partial charge in [0.05, 0.1) is 0 Å². The molecule has 2 aromatic carbocycles. The van der Waals surface area contributed by atoms with Crippen molar-refractivity contribution in [3.63, 3.8) is 0 Å². The lowest BCUT2D eigenvalue weighted by Gasteiger charge is -2.37. The Labute approximate surface area is 136 Å². The van der Waals surface area contributed by atoms with Crippen LogP contribution in [0.1, 0.15) is 11.1 Å². The van der Waals surface area contributed by atoms with Crippen LogP contribution >= 0.6 is 12.2 Å². The van der Waals surface area contributed by atoms with Crippen LogP contribution in [0.15, 0.2) is 48.5 Å². The van der Waals surface area contributed by atoms with E-state index < -0.39 is 0 Å². The van der Waals surface area contributed by atoms with E-state index in [4.69, 9.17) is 12.2 Å². The third kappa shape index (κ3) is 3.22. The largest absolute Gasteiger partial charge is 0.508 e. The normalized spacial score (nSPS) is 15.0. The number of hydrogen-bond acceptors (Lipinski definition) is 3. The van der Waals surface area contributed by atoms with Crippen molar-refractivity contribution in [3.8, 4) is 5.75 Å². The van der Waals surface area contributed by atoms with Crippen LogP contribution < -0.4 is 4.90 Å². The molecule has 0 unspecified atom stereocenters. The van der Waals surface area contributed by atoms with Crippen molar-refractivity contribution in [1.29, 1.82) is 0 Å². The summed E-state index contributed by atoms with van der Waals surface area (Å²) in [6, 6.07) is 15.8. The predicted octanol–water partition coefficient (Wildman–Crippen LogP) is 3.20. The summed E-state index contributed by atoms with van der Waals surface area (Å²) in [6.07, 6.45) is 0. The van der Waals surface area contributed by atoms with Gasteiger partial charge in [-0.2, -0.15) is 0 Å². The van der Waals surface area contributed by atoms with Gasteiger partial charge in [-0.3, -0.25) is 0 Å². The number of anilines is 1.